The summed E-state index contributed by atoms with van der Waals surface area (Å²) in [6.45, 7) is 12.1. The molecule has 2 unspecified atom stereocenters. The van der Waals surface area contributed by atoms with Crippen LogP contribution < -0.4 is 0 Å². The number of piperidine rings is 1. The lowest BCUT2D eigenvalue weighted by molar-refractivity contribution is -0.150. The molecule has 6 nitrogen and oxygen atoms in total. The maximum Gasteiger partial charge on any atom is 0.310 e. The first kappa shape index (κ1) is 16.9. The molecule has 1 aliphatic rings. The Labute approximate surface area is 132 Å². The van der Waals surface area contributed by atoms with Gasteiger partial charge in [-0.3, -0.25) is 9.69 Å². The first-order chi connectivity index (χ1) is 10.3. The summed E-state index contributed by atoms with van der Waals surface area (Å²) < 4.78 is 10.6. The van der Waals surface area contributed by atoms with Crippen LogP contribution in [-0.2, 0) is 14.9 Å². The SMILES string of the molecule is CCOC(=O)C1CCCN(C(C)c2nc(C(C)(C)C)no2)C1. The van der Waals surface area contributed by atoms with Gasteiger partial charge in [0.1, 0.15) is 0 Å². The van der Waals surface area contributed by atoms with Crippen LogP contribution in [0.25, 0.3) is 0 Å². The van der Waals surface area contributed by atoms with E-state index in [9.17, 15) is 4.79 Å². The second kappa shape index (κ2) is 6.77. The molecule has 0 amide bonds. The Bertz CT molecular complexity index is 507. The number of aromatic nitrogens is 2. The number of nitrogens with zero attached hydrogens (tertiary/aromatic N) is 3. The van der Waals surface area contributed by atoms with E-state index in [1.807, 2.05) is 13.8 Å². The van der Waals surface area contributed by atoms with Gasteiger partial charge in [0.25, 0.3) is 0 Å². The zero-order valence-corrected chi connectivity index (χ0v) is 14.3. The molecule has 6 heteroatoms. The zero-order chi connectivity index (χ0) is 16.3. The molecule has 1 aliphatic heterocycles. The highest BCUT2D eigenvalue weighted by Crippen LogP contribution is 2.28. The van der Waals surface area contributed by atoms with Crippen molar-refractivity contribution in [3.8, 4) is 0 Å². The molecule has 1 aromatic rings. The van der Waals surface area contributed by atoms with Crippen molar-refractivity contribution in [2.45, 2.75) is 58.9 Å². The minimum Gasteiger partial charge on any atom is -0.466 e. The Kier molecular flexibility index (Phi) is 5.21. The summed E-state index contributed by atoms with van der Waals surface area (Å²) in [6.07, 6.45) is 1.87. The highest BCUT2D eigenvalue weighted by atomic mass is 16.5. The Morgan fingerprint density at radius 2 is 2.23 bits per heavy atom. The van der Waals surface area contributed by atoms with Crippen LogP contribution in [0.5, 0.6) is 0 Å². The maximum atomic E-state index is 11.9. The van der Waals surface area contributed by atoms with Gasteiger partial charge in [-0.1, -0.05) is 25.9 Å². The molecule has 2 rings (SSSR count). The Hall–Kier alpha value is -1.43. The molecule has 0 aromatic carbocycles. The van der Waals surface area contributed by atoms with Crippen molar-refractivity contribution in [2.75, 3.05) is 19.7 Å². The quantitative estimate of drug-likeness (QED) is 0.797. The lowest BCUT2D eigenvalue weighted by atomic mass is 9.96. The van der Waals surface area contributed by atoms with Crippen LogP contribution in [0.1, 0.15) is 65.2 Å². The van der Waals surface area contributed by atoms with Gasteiger partial charge < -0.3 is 9.26 Å². The van der Waals surface area contributed by atoms with Gasteiger partial charge in [-0.25, -0.2) is 0 Å². The van der Waals surface area contributed by atoms with Crippen LogP contribution >= 0.6 is 0 Å². The summed E-state index contributed by atoms with van der Waals surface area (Å²) in [6, 6.07) is 0.0147. The van der Waals surface area contributed by atoms with E-state index >= 15 is 0 Å². The highest BCUT2D eigenvalue weighted by Gasteiger charge is 2.32. The molecule has 0 saturated carbocycles. The number of likely N-dealkylation sites (tertiary alicyclic amines) is 1. The van der Waals surface area contributed by atoms with Gasteiger partial charge in [0.15, 0.2) is 5.82 Å². The molecule has 0 bridgehead atoms. The zero-order valence-electron chi connectivity index (χ0n) is 14.3. The summed E-state index contributed by atoms with van der Waals surface area (Å²) in [4.78, 5) is 18.7. The molecule has 22 heavy (non-hydrogen) atoms. The first-order valence-electron chi connectivity index (χ1n) is 8.07. The van der Waals surface area contributed by atoms with Crippen molar-refractivity contribution in [3.63, 3.8) is 0 Å². The normalized spacial score (nSPS) is 21.6. The van der Waals surface area contributed by atoms with E-state index in [0.29, 0.717) is 24.9 Å². The van der Waals surface area contributed by atoms with Gasteiger partial charge in [0.2, 0.25) is 5.89 Å². The van der Waals surface area contributed by atoms with Crippen LogP contribution in [0.3, 0.4) is 0 Å². The summed E-state index contributed by atoms with van der Waals surface area (Å²) in [5.74, 6) is 1.18. The van der Waals surface area contributed by atoms with Crippen molar-refractivity contribution in [2.24, 2.45) is 5.92 Å². The van der Waals surface area contributed by atoms with Crippen LogP contribution in [0.2, 0.25) is 0 Å². The fourth-order valence-corrected chi connectivity index (χ4v) is 2.68. The van der Waals surface area contributed by atoms with E-state index in [-0.39, 0.29) is 23.3 Å². The molecule has 2 atom stereocenters. The minimum absolute atomic E-state index is 0.0147. The van der Waals surface area contributed by atoms with E-state index in [4.69, 9.17) is 9.26 Å². The fraction of sp³-hybridized carbons (Fsp3) is 0.812. The van der Waals surface area contributed by atoms with Gasteiger partial charge in [0.05, 0.1) is 18.6 Å². The average molecular weight is 309 g/mol. The number of carbonyl (C=O) groups is 1. The molecule has 0 spiro atoms. The third kappa shape index (κ3) is 3.85. The Morgan fingerprint density at radius 3 is 2.82 bits per heavy atom. The number of hydrogen-bond acceptors (Lipinski definition) is 6. The Morgan fingerprint density at radius 1 is 1.50 bits per heavy atom. The van der Waals surface area contributed by atoms with E-state index < -0.39 is 0 Å². The predicted molar refractivity (Wildman–Crippen MR) is 82.3 cm³/mol. The van der Waals surface area contributed by atoms with E-state index in [0.717, 1.165) is 19.4 Å². The van der Waals surface area contributed by atoms with Crippen molar-refractivity contribution >= 4 is 5.97 Å². The topological polar surface area (TPSA) is 68.5 Å². The monoisotopic (exact) mass is 309 g/mol. The van der Waals surface area contributed by atoms with Crippen molar-refractivity contribution in [1.29, 1.82) is 0 Å². The average Bonchev–Trinajstić information content (AvgIpc) is 2.97. The smallest absolute Gasteiger partial charge is 0.310 e. The molecule has 1 aromatic heterocycles. The number of carbonyl (C=O) groups excluding carboxylic acids is 1. The lowest BCUT2D eigenvalue weighted by Gasteiger charge is -2.34. The predicted octanol–water partition coefficient (Wildman–Crippen LogP) is 2.70. The largest absolute Gasteiger partial charge is 0.466 e. The molecule has 1 saturated heterocycles. The molecule has 0 aliphatic carbocycles. The molecule has 124 valence electrons. The second-order valence-electron chi connectivity index (χ2n) is 6.97. The summed E-state index contributed by atoms with van der Waals surface area (Å²) in [5.41, 5.74) is -0.128. The van der Waals surface area contributed by atoms with Gasteiger partial charge in [-0.2, -0.15) is 4.98 Å². The number of esters is 1. The first-order valence-corrected chi connectivity index (χ1v) is 8.07. The highest BCUT2D eigenvalue weighted by molar-refractivity contribution is 5.72. The van der Waals surface area contributed by atoms with Gasteiger partial charge in [-0.05, 0) is 33.2 Å². The van der Waals surface area contributed by atoms with Crippen LogP contribution in [0, 0.1) is 5.92 Å². The molecule has 0 N–H and O–H groups in total. The third-order valence-corrected chi connectivity index (χ3v) is 4.09. The van der Waals surface area contributed by atoms with E-state index in [1.165, 1.54) is 0 Å². The molecular weight excluding hydrogens is 282 g/mol. The Balaban J connectivity index is 2.04. The molecule has 1 fully saturated rings. The van der Waals surface area contributed by atoms with Crippen LogP contribution in [0.15, 0.2) is 4.52 Å². The van der Waals surface area contributed by atoms with Crippen LogP contribution in [0.4, 0.5) is 0 Å². The van der Waals surface area contributed by atoms with Gasteiger partial charge in [-0.15, -0.1) is 0 Å². The summed E-state index contributed by atoms with van der Waals surface area (Å²) >= 11 is 0. The number of ether oxygens (including phenoxy) is 1. The van der Waals surface area contributed by atoms with Crippen molar-refractivity contribution in [1.82, 2.24) is 15.0 Å². The lowest BCUT2D eigenvalue weighted by Crippen LogP contribution is -2.40. The van der Waals surface area contributed by atoms with Crippen molar-refractivity contribution in [3.05, 3.63) is 11.7 Å². The summed E-state index contributed by atoms with van der Waals surface area (Å²) in [7, 11) is 0. The third-order valence-electron chi connectivity index (χ3n) is 4.09. The van der Waals surface area contributed by atoms with Gasteiger partial charge >= 0.3 is 5.97 Å². The number of rotatable bonds is 4. The van der Waals surface area contributed by atoms with E-state index in [2.05, 4.69) is 35.8 Å². The van der Waals surface area contributed by atoms with Crippen LogP contribution in [-0.4, -0.2) is 40.7 Å². The van der Waals surface area contributed by atoms with E-state index in [1.54, 1.807) is 0 Å². The standard InChI is InChI=1S/C16H27N3O3/c1-6-21-14(20)12-8-7-9-19(10-12)11(2)13-17-15(18-22-13)16(3,4)5/h11-12H,6-10H2,1-5H3. The second-order valence-corrected chi connectivity index (χ2v) is 6.97. The molecular formula is C16H27N3O3. The van der Waals surface area contributed by atoms with Gasteiger partial charge in [0, 0.05) is 12.0 Å². The van der Waals surface area contributed by atoms with Crippen molar-refractivity contribution < 1.29 is 14.1 Å². The fourth-order valence-electron chi connectivity index (χ4n) is 2.68. The maximum absolute atomic E-state index is 11.9. The molecule has 2 heterocycles. The summed E-state index contributed by atoms with van der Waals surface area (Å²) in [5, 5.41) is 4.08. The molecule has 0 radical (unpaired) electrons. The number of hydrogen-bond donors (Lipinski definition) is 0. The minimum atomic E-state index is -0.128.